The molecule has 1 N–H and O–H groups in total. The Morgan fingerprint density at radius 1 is 1.62 bits per heavy atom. The van der Waals surface area contributed by atoms with Gasteiger partial charge in [0, 0.05) is 13.1 Å². The van der Waals surface area contributed by atoms with Crippen LogP contribution in [0.3, 0.4) is 0 Å². The van der Waals surface area contributed by atoms with Crippen LogP contribution in [0.25, 0.3) is 0 Å². The minimum Gasteiger partial charge on any atom is -0.390 e. The molecule has 0 aliphatic carbocycles. The summed E-state index contributed by atoms with van der Waals surface area (Å²) in [5, 5.41) is 10.0. The Bertz CT molecular complexity index is 194. The van der Waals surface area contributed by atoms with E-state index in [1.54, 1.807) is 0 Å². The lowest BCUT2D eigenvalue weighted by Crippen LogP contribution is -2.47. The molecule has 1 heterocycles. The largest absolute Gasteiger partial charge is 0.390 e. The summed E-state index contributed by atoms with van der Waals surface area (Å²) in [4.78, 5) is 2.38. The van der Waals surface area contributed by atoms with E-state index in [1.165, 1.54) is 6.42 Å². The first-order valence-corrected chi connectivity index (χ1v) is 6.40. The molecule has 2 unspecified atom stereocenters. The van der Waals surface area contributed by atoms with Crippen molar-refractivity contribution in [2.24, 2.45) is 0 Å². The van der Waals surface area contributed by atoms with E-state index in [-0.39, 0.29) is 12.2 Å². The molecule has 0 amide bonds. The average molecular weight is 227 g/mol. The number of morpholine rings is 1. The number of hydrogen-bond donors (Lipinski definition) is 1. The molecule has 0 spiro atoms. The van der Waals surface area contributed by atoms with Crippen molar-refractivity contribution in [1.82, 2.24) is 4.90 Å². The summed E-state index contributed by atoms with van der Waals surface area (Å²) in [7, 11) is 0. The predicted octanol–water partition coefficient (Wildman–Crippen LogP) is 1.81. The highest BCUT2D eigenvalue weighted by atomic mass is 16.5. The van der Waals surface area contributed by atoms with Gasteiger partial charge in [0.1, 0.15) is 0 Å². The quantitative estimate of drug-likeness (QED) is 0.532. The molecule has 0 aromatic carbocycles. The third-order valence-corrected chi connectivity index (χ3v) is 3.05. The van der Waals surface area contributed by atoms with Crippen LogP contribution in [0.2, 0.25) is 0 Å². The van der Waals surface area contributed by atoms with Gasteiger partial charge in [0.15, 0.2) is 0 Å². The predicted molar refractivity (Wildman–Crippen MR) is 66.5 cm³/mol. The topological polar surface area (TPSA) is 32.7 Å². The number of hydrogen-bond acceptors (Lipinski definition) is 3. The molecule has 2 atom stereocenters. The van der Waals surface area contributed by atoms with E-state index in [9.17, 15) is 5.11 Å². The van der Waals surface area contributed by atoms with Crippen molar-refractivity contribution >= 4 is 0 Å². The van der Waals surface area contributed by atoms with Gasteiger partial charge >= 0.3 is 0 Å². The van der Waals surface area contributed by atoms with Crippen molar-refractivity contribution in [3.05, 3.63) is 12.7 Å². The molecule has 1 rings (SSSR count). The molecule has 0 aromatic heterocycles. The molecule has 1 aliphatic heterocycles. The van der Waals surface area contributed by atoms with Crippen LogP contribution in [0.1, 0.15) is 32.6 Å². The van der Waals surface area contributed by atoms with Gasteiger partial charge < -0.3 is 9.84 Å². The third kappa shape index (κ3) is 4.64. The second-order valence-electron chi connectivity index (χ2n) is 4.50. The zero-order valence-electron chi connectivity index (χ0n) is 10.4. The van der Waals surface area contributed by atoms with Crippen LogP contribution in [-0.2, 0) is 4.74 Å². The Kier molecular flexibility index (Phi) is 6.69. The number of nitrogens with zero attached hydrogens (tertiary/aromatic N) is 1. The number of aliphatic hydroxyl groups is 1. The van der Waals surface area contributed by atoms with E-state index < -0.39 is 0 Å². The highest BCUT2D eigenvalue weighted by molar-refractivity contribution is 4.78. The lowest BCUT2D eigenvalue weighted by molar-refractivity contribution is -0.0904. The first-order valence-electron chi connectivity index (χ1n) is 6.40. The highest BCUT2D eigenvalue weighted by Crippen LogP contribution is 2.14. The first kappa shape index (κ1) is 13.7. The average Bonchev–Trinajstić information content (AvgIpc) is 2.30. The van der Waals surface area contributed by atoms with Crippen molar-refractivity contribution in [3.63, 3.8) is 0 Å². The zero-order chi connectivity index (χ0) is 11.8. The van der Waals surface area contributed by atoms with Gasteiger partial charge in [-0.1, -0.05) is 13.0 Å². The van der Waals surface area contributed by atoms with Crippen LogP contribution in [-0.4, -0.2) is 48.5 Å². The van der Waals surface area contributed by atoms with E-state index >= 15 is 0 Å². The van der Waals surface area contributed by atoms with Crippen molar-refractivity contribution in [1.29, 1.82) is 0 Å². The van der Waals surface area contributed by atoms with Crippen LogP contribution in [0.15, 0.2) is 12.7 Å². The molecule has 94 valence electrons. The SMILES string of the molecule is C=CCCCC(O)C1CN(CCC)CCO1. The smallest absolute Gasteiger partial charge is 0.0960 e. The Morgan fingerprint density at radius 2 is 2.44 bits per heavy atom. The summed E-state index contributed by atoms with van der Waals surface area (Å²) in [6.07, 6.45) is 5.54. The Balaban J connectivity index is 2.25. The molecule has 1 aliphatic rings. The second-order valence-corrected chi connectivity index (χ2v) is 4.50. The van der Waals surface area contributed by atoms with Gasteiger partial charge in [-0.2, -0.15) is 0 Å². The van der Waals surface area contributed by atoms with Gasteiger partial charge in [0.2, 0.25) is 0 Å². The minimum atomic E-state index is -0.320. The molecule has 3 heteroatoms. The highest BCUT2D eigenvalue weighted by Gasteiger charge is 2.25. The molecule has 0 radical (unpaired) electrons. The maximum absolute atomic E-state index is 10.0. The van der Waals surface area contributed by atoms with E-state index in [2.05, 4.69) is 18.4 Å². The van der Waals surface area contributed by atoms with Crippen LogP contribution < -0.4 is 0 Å². The van der Waals surface area contributed by atoms with E-state index in [0.717, 1.165) is 45.5 Å². The number of ether oxygens (including phenoxy) is 1. The first-order chi connectivity index (χ1) is 7.77. The van der Waals surface area contributed by atoms with Crippen LogP contribution >= 0.6 is 0 Å². The summed E-state index contributed by atoms with van der Waals surface area (Å²) in [5.74, 6) is 0. The van der Waals surface area contributed by atoms with Crippen molar-refractivity contribution < 1.29 is 9.84 Å². The van der Waals surface area contributed by atoms with Crippen molar-refractivity contribution in [2.75, 3.05) is 26.2 Å². The Morgan fingerprint density at radius 3 is 3.12 bits per heavy atom. The number of aliphatic hydroxyl groups excluding tert-OH is 1. The fraction of sp³-hybridized carbons (Fsp3) is 0.846. The normalized spacial score (nSPS) is 24.2. The molecule has 1 fully saturated rings. The lowest BCUT2D eigenvalue weighted by atomic mass is 10.1. The van der Waals surface area contributed by atoms with Crippen LogP contribution in [0.4, 0.5) is 0 Å². The van der Waals surface area contributed by atoms with E-state index in [4.69, 9.17) is 4.74 Å². The van der Waals surface area contributed by atoms with Gasteiger partial charge in [-0.15, -0.1) is 6.58 Å². The maximum Gasteiger partial charge on any atom is 0.0960 e. The molecular weight excluding hydrogens is 202 g/mol. The standard InChI is InChI=1S/C13H25NO2/c1-3-5-6-7-12(15)13-11-14(8-4-2)9-10-16-13/h3,12-13,15H,1,4-11H2,2H3. The Hall–Kier alpha value is -0.380. The summed E-state index contributed by atoms with van der Waals surface area (Å²) < 4.78 is 5.63. The summed E-state index contributed by atoms with van der Waals surface area (Å²) >= 11 is 0. The van der Waals surface area contributed by atoms with Crippen LogP contribution in [0.5, 0.6) is 0 Å². The van der Waals surface area contributed by atoms with Crippen LogP contribution in [0, 0.1) is 0 Å². The van der Waals surface area contributed by atoms with E-state index in [1.807, 2.05) is 6.08 Å². The van der Waals surface area contributed by atoms with Gasteiger partial charge in [-0.05, 0) is 32.2 Å². The zero-order valence-corrected chi connectivity index (χ0v) is 10.4. The monoisotopic (exact) mass is 227 g/mol. The number of rotatable bonds is 7. The fourth-order valence-electron chi connectivity index (χ4n) is 2.14. The molecular formula is C13H25NO2. The third-order valence-electron chi connectivity index (χ3n) is 3.05. The molecule has 0 aromatic rings. The van der Waals surface area contributed by atoms with Gasteiger partial charge in [0.25, 0.3) is 0 Å². The summed E-state index contributed by atoms with van der Waals surface area (Å²) in [6.45, 7) is 9.62. The molecule has 0 bridgehead atoms. The minimum absolute atomic E-state index is 0.00474. The maximum atomic E-state index is 10.0. The summed E-state index contributed by atoms with van der Waals surface area (Å²) in [6, 6.07) is 0. The molecule has 1 saturated heterocycles. The molecule has 3 nitrogen and oxygen atoms in total. The van der Waals surface area contributed by atoms with Crippen molar-refractivity contribution in [3.8, 4) is 0 Å². The molecule has 0 saturated carbocycles. The summed E-state index contributed by atoms with van der Waals surface area (Å²) in [5.41, 5.74) is 0. The van der Waals surface area contributed by atoms with Gasteiger partial charge in [-0.3, -0.25) is 4.90 Å². The van der Waals surface area contributed by atoms with Crippen molar-refractivity contribution in [2.45, 2.75) is 44.8 Å². The molecule has 16 heavy (non-hydrogen) atoms. The number of allylic oxidation sites excluding steroid dienone is 1. The van der Waals surface area contributed by atoms with E-state index in [0.29, 0.717) is 0 Å². The van der Waals surface area contributed by atoms with Gasteiger partial charge in [-0.25, -0.2) is 0 Å². The second kappa shape index (κ2) is 7.82. The fourth-order valence-corrected chi connectivity index (χ4v) is 2.14. The number of unbranched alkanes of at least 4 members (excludes halogenated alkanes) is 1. The van der Waals surface area contributed by atoms with Gasteiger partial charge in [0.05, 0.1) is 18.8 Å². The lowest BCUT2D eigenvalue weighted by Gasteiger charge is -2.35. The Labute approximate surface area is 99.1 Å².